The second-order valence-electron chi connectivity index (χ2n) is 5.64. The molecule has 2 atom stereocenters. The second kappa shape index (κ2) is 6.36. The summed E-state index contributed by atoms with van der Waals surface area (Å²) in [6, 6.07) is 4.82. The van der Waals surface area contributed by atoms with E-state index < -0.39 is 23.7 Å². The van der Waals surface area contributed by atoms with Crippen LogP contribution in [0.25, 0.3) is 11.1 Å². The van der Waals surface area contributed by atoms with Crippen molar-refractivity contribution in [1.29, 1.82) is 0 Å². The lowest BCUT2D eigenvalue weighted by molar-refractivity contribution is -0.152. The number of hydrogen-bond acceptors (Lipinski definition) is 4. The highest BCUT2D eigenvalue weighted by atomic mass is 35.5. The van der Waals surface area contributed by atoms with Crippen LogP contribution in [0, 0.1) is 17.6 Å². The van der Waals surface area contributed by atoms with Crippen LogP contribution in [-0.2, 0) is 16.0 Å². The molecule has 24 heavy (non-hydrogen) atoms. The highest BCUT2D eigenvalue weighted by Gasteiger charge is 2.36. The van der Waals surface area contributed by atoms with E-state index in [1.54, 1.807) is 0 Å². The van der Waals surface area contributed by atoms with Crippen molar-refractivity contribution in [2.75, 3.05) is 7.11 Å². The number of hydrogen-bond donors (Lipinski definition) is 0. The molecule has 0 amide bonds. The van der Waals surface area contributed by atoms with Crippen LogP contribution in [0.5, 0.6) is 5.88 Å². The summed E-state index contributed by atoms with van der Waals surface area (Å²) in [5, 5.41) is 0.0886. The first-order valence-electron chi connectivity index (χ1n) is 7.30. The molecule has 0 spiro atoms. The van der Waals surface area contributed by atoms with Crippen molar-refractivity contribution >= 4 is 17.6 Å². The number of esters is 1. The molecular weight excluding hydrogens is 340 g/mol. The molecule has 3 rings (SSSR count). The van der Waals surface area contributed by atoms with Crippen molar-refractivity contribution in [3.8, 4) is 17.0 Å². The summed E-state index contributed by atoms with van der Waals surface area (Å²) in [4.78, 5) is 15.9. The maximum Gasteiger partial charge on any atom is 0.347 e. The van der Waals surface area contributed by atoms with Gasteiger partial charge in [-0.15, -0.1) is 0 Å². The van der Waals surface area contributed by atoms with Crippen molar-refractivity contribution in [2.45, 2.75) is 19.4 Å². The molecule has 2 aromatic rings. The van der Waals surface area contributed by atoms with Gasteiger partial charge in [0.1, 0.15) is 16.8 Å². The molecular formula is C17H14ClF2NO3. The van der Waals surface area contributed by atoms with Crippen LogP contribution in [-0.4, -0.2) is 24.2 Å². The molecule has 7 heteroatoms. The largest absolute Gasteiger partial charge is 0.466 e. The Labute approximate surface area is 142 Å². The topological polar surface area (TPSA) is 48.4 Å². The average molecular weight is 354 g/mol. The maximum atomic E-state index is 14.2. The quantitative estimate of drug-likeness (QED) is 0.608. The second-order valence-corrected chi connectivity index (χ2v) is 6.03. The summed E-state index contributed by atoms with van der Waals surface area (Å²) < 4.78 is 37.7. The predicted octanol–water partition coefficient (Wildman–Crippen LogP) is 3.79. The summed E-state index contributed by atoms with van der Waals surface area (Å²) in [6.45, 7) is 1.82. The minimum Gasteiger partial charge on any atom is -0.466 e. The molecule has 1 aromatic heterocycles. The lowest BCUT2D eigenvalue weighted by atomic mass is 9.89. The van der Waals surface area contributed by atoms with E-state index in [2.05, 4.69) is 4.98 Å². The van der Waals surface area contributed by atoms with Crippen molar-refractivity contribution in [1.82, 2.24) is 4.98 Å². The number of aromatic nitrogens is 1. The molecule has 126 valence electrons. The lowest BCUT2D eigenvalue weighted by Crippen LogP contribution is -2.39. The van der Waals surface area contributed by atoms with Gasteiger partial charge in [0.2, 0.25) is 5.88 Å². The zero-order valence-corrected chi connectivity index (χ0v) is 13.7. The number of nitrogens with zero attached hydrogens (tertiary/aromatic N) is 1. The van der Waals surface area contributed by atoms with Gasteiger partial charge in [0.05, 0.1) is 7.11 Å². The summed E-state index contributed by atoms with van der Waals surface area (Å²) >= 11 is 6.01. The third kappa shape index (κ3) is 2.94. The molecule has 0 bridgehead atoms. The maximum absolute atomic E-state index is 14.2. The first-order valence-corrected chi connectivity index (χ1v) is 7.67. The summed E-state index contributed by atoms with van der Waals surface area (Å²) in [5.41, 5.74) is 1.29. The SMILES string of the molecule is COC(=O)C1Oc2nc(Cl)cc(-c3ccc(F)cc3F)c2CC1C. The van der Waals surface area contributed by atoms with E-state index >= 15 is 0 Å². The van der Waals surface area contributed by atoms with E-state index in [9.17, 15) is 13.6 Å². The van der Waals surface area contributed by atoms with E-state index in [0.717, 1.165) is 6.07 Å². The highest BCUT2D eigenvalue weighted by molar-refractivity contribution is 6.29. The zero-order valence-electron chi connectivity index (χ0n) is 13.0. The fraction of sp³-hybridized carbons (Fsp3) is 0.294. The van der Waals surface area contributed by atoms with Gasteiger partial charge in [-0.25, -0.2) is 18.6 Å². The van der Waals surface area contributed by atoms with Gasteiger partial charge in [-0.3, -0.25) is 0 Å². The van der Waals surface area contributed by atoms with E-state index in [-0.39, 0.29) is 22.5 Å². The molecule has 0 saturated carbocycles. The Morgan fingerprint density at radius 1 is 1.33 bits per heavy atom. The Balaban J connectivity index is 2.11. The Kier molecular flexibility index (Phi) is 4.41. The molecule has 0 fully saturated rings. The molecule has 0 radical (unpaired) electrons. The van der Waals surface area contributed by atoms with Crippen LogP contribution in [0.15, 0.2) is 24.3 Å². The Morgan fingerprint density at radius 3 is 2.75 bits per heavy atom. The molecule has 0 N–H and O–H groups in total. The third-order valence-electron chi connectivity index (χ3n) is 3.99. The molecule has 4 nitrogen and oxygen atoms in total. The van der Waals surface area contributed by atoms with Crippen molar-refractivity contribution < 1.29 is 23.0 Å². The summed E-state index contributed by atoms with van der Waals surface area (Å²) in [6.07, 6.45) is -0.384. The van der Waals surface area contributed by atoms with Crippen LogP contribution < -0.4 is 4.74 Å². The van der Waals surface area contributed by atoms with Gasteiger partial charge in [0.25, 0.3) is 0 Å². The Morgan fingerprint density at radius 2 is 2.08 bits per heavy atom. The Bertz CT molecular complexity index is 813. The molecule has 1 aliphatic heterocycles. The van der Waals surface area contributed by atoms with Crippen LogP contribution in [0.1, 0.15) is 12.5 Å². The average Bonchev–Trinajstić information content (AvgIpc) is 2.53. The van der Waals surface area contributed by atoms with E-state index in [1.807, 2.05) is 6.92 Å². The number of methoxy groups -OCH3 is 1. The van der Waals surface area contributed by atoms with Gasteiger partial charge in [-0.2, -0.15) is 0 Å². The molecule has 1 aliphatic rings. The van der Waals surface area contributed by atoms with Crippen molar-refractivity contribution in [3.05, 3.63) is 46.6 Å². The van der Waals surface area contributed by atoms with Gasteiger partial charge in [-0.05, 0) is 30.2 Å². The first kappa shape index (κ1) is 16.6. The number of ether oxygens (including phenoxy) is 2. The van der Waals surface area contributed by atoms with Gasteiger partial charge in [0.15, 0.2) is 6.10 Å². The minimum atomic E-state index is -0.806. The van der Waals surface area contributed by atoms with Gasteiger partial charge in [0, 0.05) is 23.1 Å². The van der Waals surface area contributed by atoms with Crippen LogP contribution in [0.2, 0.25) is 5.15 Å². The molecule has 2 heterocycles. The number of carbonyl (C=O) groups is 1. The van der Waals surface area contributed by atoms with Crippen LogP contribution in [0.4, 0.5) is 8.78 Å². The summed E-state index contributed by atoms with van der Waals surface area (Å²) in [7, 11) is 1.28. The summed E-state index contributed by atoms with van der Waals surface area (Å²) in [5.74, 6) is -1.92. The van der Waals surface area contributed by atoms with Gasteiger partial charge >= 0.3 is 5.97 Å². The fourth-order valence-electron chi connectivity index (χ4n) is 2.82. The smallest absolute Gasteiger partial charge is 0.347 e. The van der Waals surface area contributed by atoms with E-state index in [4.69, 9.17) is 21.1 Å². The monoisotopic (exact) mass is 353 g/mol. The van der Waals surface area contributed by atoms with Crippen LogP contribution >= 0.6 is 11.6 Å². The molecule has 0 saturated heterocycles. The zero-order chi connectivity index (χ0) is 17.4. The fourth-order valence-corrected chi connectivity index (χ4v) is 3.01. The number of halogens is 3. The third-order valence-corrected chi connectivity index (χ3v) is 4.19. The standard InChI is InChI=1S/C17H14ClF2NO3/c1-8-5-12-11(10-4-3-9(19)6-13(10)20)7-14(18)21-16(12)24-15(8)17(22)23-2/h3-4,6-8,15H,5H2,1-2H3. The minimum absolute atomic E-state index is 0.0886. The predicted molar refractivity (Wildman–Crippen MR) is 83.9 cm³/mol. The molecule has 1 aromatic carbocycles. The highest BCUT2D eigenvalue weighted by Crippen LogP contribution is 2.39. The number of rotatable bonds is 2. The number of pyridine rings is 1. The van der Waals surface area contributed by atoms with E-state index in [1.165, 1.54) is 25.3 Å². The molecule has 2 unspecified atom stereocenters. The lowest BCUT2D eigenvalue weighted by Gasteiger charge is -2.30. The number of fused-ring (bicyclic) bond motifs is 1. The van der Waals surface area contributed by atoms with Crippen molar-refractivity contribution in [3.63, 3.8) is 0 Å². The Hall–Kier alpha value is -2.21. The van der Waals surface area contributed by atoms with Gasteiger partial charge < -0.3 is 9.47 Å². The van der Waals surface area contributed by atoms with Crippen molar-refractivity contribution in [2.24, 2.45) is 5.92 Å². The first-order chi connectivity index (χ1) is 11.4. The molecule has 0 aliphatic carbocycles. The van der Waals surface area contributed by atoms with Gasteiger partial charge in [-0.1, -0.05) is 18.5 Å². The van der Waals surface area contributed by atoms with Crippen LogP contribution in [0.3, 0.4) is 0 Å². The normalized spacial score (nSPS) is 19.4. The van der Waals surface area contributed by atoms with E-state index in [0.29, 0.717) is 17.5 Å². The number of benzene rings is 1. The number of carbonyl (C=O) groups excluding carboxylic acids is 1.